The minimum Gasteiger partial charge on any atom is -0.494 e. The lowest BCUT2D eigenvalue weighted by Gasteiger charge is -2.05. The number of hydrogen-bond acceptors (Lipinski definition) is 4. The molecule has 0 bridgehead atoms. The van der Waals surface area contributed by atoms with Gasteiger partial charge >= 0.3 is 0 Å². The van der Waals surface area contributed by atoms with E-state index in [-0.39, 0.29) is 11.3 Å². The van der Waals surface area contributed by atoms with Crippen LogP contribution >= 0.6 is 0 Å². The molecule has 21 heavy (non-hydrogen) atoms. The summed E-state index contributed by atoms with van der Waals surface area (Å²) in [4.78, 5) is 11.8. The highest BCUT2D eigenvalue weighted by Gasteiger charge is 2.09. The third kappa shape index (κ3) is 5.24. The Morgan fingerprint density at radius 3 is 2.81 bits per heavy atom. The molecule has 0 aliphatic carbocycles. The molecule has 0 aliphatic rings. The van der Waals surface area contributed by atoms with Gasteiger partial charge < -0.3 is 14.8 Å². The minimum atomic E-state index is -0.552. The van der Waals surface area contributed by atoms with Crippen LogP contribution in [0, 0.1) is 17.1 Å². The van der Waals surface area contributed by atoms with Gasteiger partial charge in [0.1, 0.15) is 11.6 Å². The molecule has 6 heteroatoms. The Labute approximate surface area is 123 Å². The van der Waals surface area contributed by atoms with Gasteiger partial charge in [0.25, 0.3) is 5.91 Å². The summed E-state index contributed by atoms with van der Waals surface area (Å²) in [5.41, 5.74) is 0.328. The van der Waals surface area contributed by atoms with E-state index in [1.54, 1.807) is 19.2 Å². The average Bonchev–Trinajstić information content (AvgIpc) is 2.49. The van der Waals surface area contributed by atoms with Crippen molar-refractivity contribution in [3.8, 4) is 11.8 Å². The number of benzene rings is 1. The molecule has 5 nitrogen and oxygen atoms in total. The number of carbonyl (C=O) groups excluding carboxylic acids is 1. The van der Waals surface area contributed by atoms with Crippen molar-refractivity contribution >= 4 is 12.0 Å². The van der Waals surface area contributed by atoms with Crippen LogP contribution in [0.15, 0.2) is 23.8 Å². The van der Waals surface area contributed by atoms with E-state index in [1.807, 2.05) is 0 Å². The zero-order valence-corrected chi connectivity index (χ0v) is 12.0. The lowest BCUT2D eigenvalue weighted by molar-refractivity contribution is -0.117. The minimum absolute atomic E-state index is 0.0861. The van der Waals surface area contributed by atoms with Crippen molar-refractivity contribution in [1.29, 1.82) is 5.26 Å². The van der Waals surface area contributed by atoms with Crippen LogP contribution in [0.4, 0.5) is 4.39 Å². The second-order valence-corrected chi connectivity index (χ2v) is 4.17. The smallest absolute Gasteiger partial charge is 0.261 e. The van der Waals surface area contributed by atoms with Crippen molar-refractivity contribution in [2.24, 2.45) is 0 Å². The molecular formula is C15H17FN2O3. The number of methoxy groups -OCH3 is 2. The molecule has 0 spiro atoms. The molecule has 0 radical (unpaired) electrons. The van der Waals surface area contributed by atoms with Crippen molar-refractivity contribution in [2.45, 2.75) is 6.42 Å². The molecule has 1 rings (SSSR count). The van der Waals surface area contributed by atoms with Gasteiger partial charge in [-0.25, -0.2) is 4.39 Å². The molecular weight excluding hydrogens is 275 g/mol. The van der Waals surface area contributed by atoms with E-state index in [0.29, 0.717) is 25.1 Å². The monoisotopic (exact) mass is 292 g/mol. The summed E-state index contributed by atoms with van der Waals surface area (Å²) in [6.45, 7) is 0.929. The zero-order valence-electron chi connectivity index (χ0n) is 12.0. The number of nitrogens with zero attached hydrogens (tertiary/aromatic N) is 1. The first-order valence-electron chi connectivity index (χ1n) is 6.34. The molecule has 0 fully saturated rings. The lowest BCUT2D eigenvalue weighted by Crippen LogP contribution is -2.26. The highest BCUT2D eigenvalue weighted by atomic mass is 19.1. The number of hydrogen-bond donors (Lipinski definition) is 1. The topological polar surface area (TPSA) is 71.3 Å². The zero-order chi connectivity index (χ0) is 15.7. The fourth-order valence-electron chi connectivity index (χ4n) is 1.60. The first-order chi connectivity index (χ1) is 10.1. The summed E-state index contributed by atoms with van der Waals surface area (Å²) >= 11 is 0. The normalized spacial score (nSPS) is 10.9. The van der Waals surface area contributed by atoms with Crippen molar-refractivity contribution in [3.05, 3.63) is 35.2 Å². The standard InChI is InChI=1S/C15H17FN2O3/c1-20-7-3-6-18-15(19)12(10-17)8-11-4-5-14(21-2)13(16)9-11/h4-5,8-9H,3,6-7H2,1-2H3,(H,18,19)/b12-8+. The number of carbonyl (C=O) groups is 1. The Morgan fingerprint density at radius 2 is 2.24 bits per heavy atom. The number of nitriles is 1. The van der Waals surface area contributed by atoms with Crippen LogP contribution in [0.25, 0.3) is 6.08 Å². The fourth-order valence-corrected chi connectivity index (χ4v) is 1.60. The maximum atomic E-state index is 13.5. The van der Waals surface area contributed by atoms with Gasteiger partial charge in [0, 0.05) is 20.3 Å². The molecule has 0 saturated heterocycles. The molecule has 0 saturated carbocycles. The van der Waals surface area contributed by atoms with Gasteiger partial charge in [0.15, 0.2) is 11.6 Å². The molecule has 1 N–H and O–H groups in total. The van der Waals surface area contributed by atoms with Crippen LogP contribution in [0.2, 0.25) is 0 Å². The van der Waals surface area contributed by atoms with E-state index in [0.717, 1.165) is 0 Å². The maximum absolute atomic E-state index is 13.5. The average molecular weight is 292 g/mol. The van der Waals surface area contributed by atoms with Gasteiger partial charge in [-0.2, -0.15) is 5.26 Å². The van der Waals surface area contributed by atoms with Crippen molar-refractivity contribution < 1.29 is 18.7 Å². The number of amides is 1. The van der Waals surface area contributed by atoms with Crippen molar-refractivity contribution in [1.82, 2.24) is 5.32 Å². The van der Waals surface area contributed by atoms with E-state index in [9.17, 15) is 9.18 Å². The van der Waals surface area contributed by atoms with Crippen LogP contribution < -0.4 is 10.1 Å². The predicted octanol–water partition coefficient (Wildman–Crippen LogP) is 1.89. The van der Waals surface area contributed by atoms with Gasteiger partial charge in [0.05, 0.1) is 7.11 Å². The quantitative estimate of drug-likeness (QED) is 0.473. The third-order valence-corrected chi connectivity index (χ3v) is 2.66. The largest absolute Gasteiger partial charge is 0.494 e. The van der Waals surface area contributed by atoms with Gasteiger partial charge in [-0.1, -0.05) is 6.07 Å². The summed E-state index contributed by atoms with van der Waals surface area (Å²) in [5.74, 6) is -0.941. The van der Waals surface area contributed by atoms with E-state index in [2.05, 4.69) is 5.32 Å². The van der Waals surface area contributed by atoms with Crippen molar-refractivity contribution in [2.75, 3.05) is 27.4 Å². The van der Waals surface area contributed by atoms with Crippen LogP contribution in [0.1, 0.15) is 12.0 Å². The summed E-state index contributed by atoms with van der Waals surface area (Å²) in [7, 11) is 2.93. The Morgan fingerprint density at radius 1 is 1.48 bits per heavy atom. The van der Waals surface area contributed by atoms with Gasteiger partial charge in [-0.15, -0.1) is 0 Å². The second kappa shape index (κ2) is 8.72. The molecule has 0 heterocycles. The highest BCUT2D eigenvalue weighted by molar-refractivity contribution is 6.01. The number of rotatable bonds is 7. The summed E-state index contributed by atoms with van der Waals surface area (Å²) in [6.07, 6.45) is 1.98. The molecule has 112 valence electrons. The van der Waals surface area contributed by atoms with Crippen LogP contribution in [0.5, 0.6) is 5.75 Å². The van der Waals surface area contributed by atoms with Crippen molar-refractivity contribution in [3.63, 3.8) is 0 Å². The second-order valence-electron chi connectivity index (χ2n) is 4.17. The van der Waals surface area contributed by atoms with E-state index in [1.165, 1.54) is 25.3 Å². The van der Waals surface area contributed by atoms with Crippen LogP contribution in [0.3, 0.4) is 0 Å². The Kier molecular flexibility index (Phi) is 6.92. The maximum Gasteiger partial charge on any atom is 0.261 e. The number of ether oxygens (including phenoxy) is 2. The van der Waals surface area contributed by atoms with Crippen LogP contribution in [-0.4, -0.2) is 33.3 Å². The highest BCUT2D eigenvalue weighted by Crippen LogP contribution is 2.19. The molecule has 0 unspecified atom stereocenters. The number of halogens is 1. The Balaban J connectivity index is 2.77. The molecule has 1 amide bonds. The van der Waals surface area contributed by atoms with Gasteiger partial charge in [-0.05, 0) is 30.2 Å². The number of nitrogens with one attached hydrogen (secondary N) is 1. The lowest BCUT2D eigenvalue weighted by atomic mass is 10.1. The summed E-state index contributed by atoms with van der Waals surface area (Å²) < 4.78 is 23.2. The first kappa shape index (κ1) is 16.7. The molecule has 0 aromatic heterocycles. The Hall–Kier alpha value is -2.39. The summed E-state index contributed by atoms with van der Waals surface area (Å²) in [5, 5.41) is 11.6. The Bertz CT molecular complexity index is 565. The van der Waals surface area contributed by atoms with Gasteiger partial charge in [0.2, 0.25) is 0 Å². The fraction of sp³-hybridized carbons (Fsp3) is 0.333. The first-order valence-corrected chi connectivity index (χ1v) is 6.34. The van der Waals surface area contributed by atoms with E-state index < -0.39 is 11.7 Å². The molecule has 0 aliphatic heterocycles. The van der Waals surface area contributed by atoms with Gasteiger partial charge in [-0.3, -0.25) is 4.79 Å². The predicted molar refractivity (Wildman–Crippen MR) is 76.0 cm³/mol. The van der Waals surface area contributed by atoms with E-state index >= 15 is 0 Å². The SMILES string of the molecule is COCCCNC(=O)/C(C#N)=C/c1ccc(OC)c(F)c1. The molecule has 1 aromatic carbocycles. The van der Waals surface area contributed by atoms with Crippen LogP contribution in [-0.2, 0) is 9.53 Å². The third-order valence-electron chi connectivity index (χ3n) is 2.66. The molecule has 1 aromatic rings. The summed E-state index contributed by atoms with van der Waals surface area (Å²) in [6, 6.07) is 6.01. The van der Waals surface area contributed by atoms with E-state index in [4.69, 9.17) is 14.7 Å². The molecule has 0 atom stereocenters.